The number of carbonyl (C=O) groups excluding carboxylic acids is 2. The maximum atomic E-state index is 14.0. The summed E-state index contributed by atoms with van der Waals surface area (Å²) in [6.45, 7) is 3.00. The lowest BCUT2D eigenvalue weighted by Crippen LogP contribution is -2.51. The van der Waals surface area contributed by atoms with Crippen LogP contribution < -0.4 is 19.1 Å². The molecule has 0 aliphatic carbocycles. The van der Waals surface area contributed by atoms with Crippen LogP contribution in [-0.4, -0.2) is 58.5 Å². The van der Waals surface area contributed by atoms with Gasteiger partial charge in [-0.1, -0.05) is 36.2 Å². The number of hydrogen-bond donors (Lipinski definition) is 1. The third kappa shape index (κ3) is 7.84. The van der Waals surface area contributed by atoms with Crippen LogP contribution in [0.5, 0.6) is 11.5 Å². The molecule has 0 heterocycles. The molecule has 1 atom stereocenters. The largest absolute Gasteiger partial charge is 0.493 e. The van der Waals surface area contributed by atoms with Crippen LogP contribution in [0, 0.1) is 5.82 Å². The Labute approximate surface area is 255 Å². The van der Waals surface area contributed by atoms with Gasteiger partial charge in [0.2, 0.25) is 11.8 Å². The molecule has 226 valence electrons. The summed E-state index contributed by atoms with van der Waals surface area (Å²) < 4.78 is 53.1. The van der Waals surface area contributed by atoms with Gasteiger partial charge in [0.1, 0.15) is 18.4 Å². The zero-order chi connectivity index (χ0) is 31.0. The Morgan fingerprint density at radius 1 is 0.976 bits per heavy atom. The lowest BCUT2D eigenvalue weighted by atomic mass is 10.1. The Morgan fingerprint density at radius 3 is 2.24 bits per heavy atom. The first-order chi connectivity index (χ1) is 19.9. The second-order valence-corrected chi connectivity index (χ2v) is 11.9. The van der Waals surface area contributed by atoms with E-state index in [-0.39, 0.29) is 27.9 Å². The second-order valence-electron chi connectivity index (χ2n) is 9.23. The van der Waals surface area contributed by atoms with Gasteiger partial charge in [-0.05, 0) is 67.4 Å². The van der Waals surface area contributed by atoms with E-state index in [1.807, 2.05) is 6.92 Å². The molecular weight excluding hydrogens is 608 g/mol. The first-order valence-electron chi connectivity index (χ1n) is 12.9. The smallest absolute Gasteiger partial charge is 0.264 e. The Hall–Kier alpha value is -3.54. The van der Waals surface area contributed by atoms with Gasteiger partial charge in [-0.15, -0.1) is 0 Å². The highest BCUT2D eigenvalue weighted by Crippen LogP contribution is 2.32. The number of nitrogens with zero attached hydrogens (tertiary/aromatic N) is 2. The summed E-state index contributed by atoms with van der Waals surface area (Å²) in [5, 5.41) is 3.42. The molecule has 0 aromatic heterocycles. The standard InChI is InChI=1S/C29H32Cl2FN3O6S/c1-5-14-33-29(37)19(2)34(17-20-6-7-21(30)15-25(20)31)28(36)18-35(23-10-8-22(32)9-11-23)42(38,39)24-12-13-26(40-3)27(16-24)41-4/h6-13,15-16,19H,5,14,17-18H2,1-4H3,(H,33,37). The van der Waals surface area contributed by atoms with Crippen molar-refractivity contribution in [1.82, 2.24) is 10.2 Å². The molecule has 0 fully saturated rings. The molecule has 0 saturated heterocycles. The van der Waals surface area contributed by atoms with Crippen LogP contribution in [0.25, 0.3) is 0 Å². The molecule has 0 radical (unpaired) electrons. The number of nitrogens with one attached hydrogen (secondary N) is 1. The number of sulfonamides is 1. The van der Waals surface area contributed by atoms with Crippen LogP contribution in [0.4, 0.5) is 10.1 Å². The molecular formula is C29H32Cl2FN3O6S. The molecule has 3 rings (SSSR count). The first kappa shape index (κ1) is 33.0. The first-order valence-corrected chi connectivity index (χ1v) is 15.1. The number of rotatable bonds is 13. The lowest BCUT2D eigenvalue weighted by molar-refractivity contribution is -0.139. The molecule has 0 spiro atoms. The van der Waals surface area contributed by atoms with Crippen LogP contribution in [-0.2, 0) is 26.2 Å². The summed E-state index contributed by atoms with van der Waals surface area (Å²) >= 11 is 12.4. The number of benzene rings is 3. The Morgan fingerprint density at radius 2 is 1.64 bits per heavy atom. The minimum atomic E-state index is -4.42. The molecule has 1 N–H and O–H groups in total. The summed E-state index contributed by atoms with van der Waals surface area (Å²) in [5.74, 6) is -1.25. The van der Waals surface area contributed by atoms with Gasteiger partial charge in [0.15, 0.2) is 11.5 Å². The zero-order valence-electron chi connectivity index (χ0n) is 23.6. The van der Waals surface area contributed by atoms with Crippen LogP contribution in [0.15, 0.2) is 65.6 Å². The summed E-state index contributed by atoms with van der Waals surface area (Å²) in [6, 6.07) is 12.4. The minimum Gasteiger partial charge on any atom is -0.493 e. The molecule has 0 saturated carbocycles. The summed E-state index contributed by atoms with van der Waals surface area (Å²) in [4.78, 5) is 28.0. The average molecular weight is 641 g/mol. The van der Waals surface area contributed by atoms with Crippen LogP contribution in [0.2, 0.25) is 10.0 Å². The monoisotopic (exact) mass is 639 g/mol. The van der Waals surface area contributed by atoms with E-state index >= 15 is 0 Å². The summed E-state index contributed by atoms with van der Waals surface area (Å²) in [6.07, 6.45) is 0.678. The highest BCUT2D eigenvalue weighted by Gasteiger charge is 2.33. The normalized spacial score (nSPS) is 11.9. The van der Waals surface area contributed by atoms with Gasteiger partial charge in [0, 0.05) is 29.2 Å². The van der Waals surface area contributed by atoms with E-state index in [1.165, 1.54) is 62.4 Å². The van der Waals surface area contributed by atoms with Gasteiger partial charge in [0.05, 0.1) is 24.8 Å². The Balaban J connectivity index is 2.07. The molecule has 2 amide bonds. The molecule has 3 aromatic carbocycles. The van der Waals surface area contributed by atoms with Gasteiger partial charge in [-0.25, -0.2) is 12.8 Å². The fraction of sp³-hybridized carbons (Fsp3) is 0.310. The van der Waals surface area contributed by atoms with E-state index in [1.54, 1.807) is 12.1 Å². The predicted octanol–water partition coefficient (Wildman–Crippen LogP) is 5.29. The van der Waals surface area contributed by atoms with E-state index in [9.17, 15) is 22.4 Å². The zero-order valence-corrected chi connectivity index (χ0v) is 25.9. The van der Waals surface area contributed by atoms with Crippen molar-refractivity contribution in [2.24, 2.45) is 0 Å². The Kier molecular flexibility index (Phi) is 11.4. The molecule has 0 aliphatic rings. The van der Waals surface area contributed by atoms with E-state index in [0.717, 1.165) is 16.4 Å². The molecule has 0 aliphatic heterocycles. The van der Waals surface area contributed by atoms with Crippen molar-refractivity contribution in [3.63, 3.8) is 0 Å². The third-order valence-corrected chi connectivity index (χ3v) is 8.77. The van der Waals surface area contributed by atoms with Crippen molar-refractivity contribution in [2.75, 3.05) is 31.6 Å². The molecule has 0 bridgehead atoms. The number of anilines is 1. The fourth-order valence-corrected chi connectivity index (χ4v) is 5.95. The molecule has 3 aromatic rings. The van der Waals surface area contributed by atoms with E-state index < -0.39 is 40.2 Å². The average Bonchev–Trinajstić information content (AvgIpc) is 2.97. The molecule has 42 heavy (non-hydrogen) atoms. The number of ether oxygens (including phenoxy) is 2. The highest BCUT2D eigenvalue weighted by molar-refractivity contribution is 7.92. The number of carbonyl (C=O) groups is 2. The number of methoxy groups -OCH3 is 2. The van der Waals surface area contributed by atoms with Gasteiger partial charge in [-0.2, -0.15) is 0 Å². The maximum absolute atomic E-state index is 14.0. The third-order valence-electron chi connectivity index (χ3n) is 6.41. The second kappa shape index (κ2) is 14.6. The predicted molar refractivity (Wildman–Crippen MR) is 160 cm³/mol. The van der Waals surface area contributed by atoms with Gasteiger partial charge in [0.25, 0.3) is 10.0 Å². The van der Waals surface area contributed by atoms with Gasteiger partial charge >= 0.3 is 0 Å². The number of halogens is 3. The highest BCUT2D eigenvalue weighted by atomic mass is 35.5. The Bertz CT molecular complexity index is 1520. The summed E-state index contributed by atoms with van der Waals surface area (Å²) in [7, 11) is -1.64. The van der Waals surface area contributed by atoms with Crippen molar-refractivity contribution in [1.29, 1.82) is 0 Å². The van der Waals surface area contributed by atoms with Crippen molar-refractivity contribution in [3.8, 4) is 11.5 Å². The maximum Gasteiger partial charge on any atom is 0.264 e. The van der Waals surface area contributed by atoms with Crippen LogP contribution >= 0.6 is 23.2 Å². The van der Waals surface area contributed by atoms with E-state index in [2.05, 4.69) is 5.32 Å². The van der Waals surface area contributed by atoms with E-state index in [0.29, 0.717) is 29.3 Å². The minimum absolute atomic E-state index is 0.0343. The molecule has 13 heteroatoms. The summed E-state index contributed by atoms with van der Waals surface area (Å²) in [5.41, 5.74) is 0.535. The SMILES string of the molecule is CCCNC(=O)C(C)N(Cc1ccc(Cl)cc1Cl)C(=O)CN(c1ccc(F)cc1)S(=O)(=O)c1ccc(OC)c(OC)c1. The quantitative estimate of drug-likeness (QED) is 0.273. The van der Waals surface area contributed by atoms with E-state index in [4.69, 9.17) is 32.7 Å². The number of hydrogen-bond acceptors (Lipinski definition) is 6. The van der Waals surface area contributed by atoms with Crippen molar-refractivity contribution in [3.05, 3.63) is 82.1 Å². The van der Waals surface area contributed by atoms with Crippen LogP contribution in [0.1, 0.15) is 25.8 Å². The molecule has 1 unspecified atom stereocenters. The number of amides is 2. The van der Waals surface area contributed by atoms with Crippen molar-refractivity contribution in [2.45, 2.75) is 37.8 Å². The lowest BCUT2D eigenvalue weighted by Gasteiger charge is -2.32. The van der Waals surface area contributed by atoms with Crippen molar-refractivity contribution < 1.29 is 31.9 Å². The van der Waals surface area contributed by atoms with Gasteiger partial charge in [-0.3, -0.25) is 13.9 Å². The van der Waals surface area contributed by atoms with Crippen molar-refractivity contribution >= 4 is 50.7 Å². The van der Waals surface area contributed by atoms with Gasteiger partial charge < -0.3 is 19.7 Å². The fourth-order valence-electron chi connectivity index (χ4n) is 4.05. The topological polar surface area (TPSA) is 105 Å². The van der Waals surface area contributed by atoms with Crippen LogP contribution in [0.3, 0.4) is 0 Å². The molecule has 9 nitrogen and oxygen atoms in total.